The number of nitrogens with zero attached hydrogens (tertiary/aromatic N) is 3. The molecule has 2 aromatic carbocycles. The van der Waals surface area contributed by atoms with Crippen LogP contribution in [0.5, 0.6) is 11.5 Å². The third-order valence-corrected chi connectivity index (χ3v) is 6.78. The molecule has 0 saturated carbocycles. The summed E-state index contributed by atoms with van der Waals surface area (Å²) in [5.41, 5.74) is 5.62. The molecule has 0 amide bonds. The van der Waals surface area contributed by atoms with E-state index in [9.17, 15) is 4.79 Å². The van der Waals surface area contributed by atoms with Crippen molar-refractivity contribution >= 4 is 22.8 Å². The molecule has 0 radical (unpaired) electrons. The number of para-hydroxylation sites is 2. The molecule has 3 heterocycles. The minimum absolute atomic E-state index is 0.0315. The van der Waals surface area contributed by atoms with Crippen LogP contribution in [0.1, 0.15) is 35.9 Å². The molecule has 0 bridgehead atoms. The average Bonchev–Trinajstić information content (AvgIpc) is 3.25. The van der Waals surface area contributed by atoms with E-state index >= 15 is 0 Å². The SMILES string of the molecule is COc1ccc([C@H]2CC(=O)C3=C(C2)Nc2nc4ccccc4n2[C@@H]3c2cccnc2)cc1OC. The fourth-order valence-corrected chi connectivity index (χ4v) is 5.22. The maximum absolute atomic E-state index is 13.7. The summed E-state index contributed by atoms with van der Waals surface area (Å²) >= 11 is 0. The number of ketones is 1. The monoisotopic (exact) mass is 452 g/mol. The molecule has 1 aliphatic heterocycles. The zero-order valence-corrected chi connectivity index (χ0v) is 19.0. The van der Waals surface area contributed by atoms with E-state index in [0.717, 1.165) is 39.4 Å². The number of fused-ring (bicyclic) bond motifs is 3. The zero-order valence-electron chi connectivity index (χ0n) is 19.0. The van der Waals surface area contributed by atoms with Crippen LogP contribution in [0.3, 0.4) is 0 Å². The lowest BCUT2D eigenvalue weighted by Crippen LogP contribution is -2.33. The number of benzene rings is 2. The molecule has 0 unspecified atom stereocenters. The van der Waals surface area contributed by atoms with Crippen LogP contribution in [0.2, 0.25) is 0 Å². The lowest BCUT2D eigenvalue weighted by Gasteiger charge is -2.36. The number of carbonyl (C=O) groups excluding carboxylic acids is 1. The van der Waals surface area contributed by atoms with Crippen molar-refractivity contribution in [1.29, 1.82) is 0 Å². The highest BCUT2D eigenvalue weighted by Crippen LogP contribution is 2.46. The summed E-state index contributed by atoms with van der Waals surface area (Å²) in [7, 11) is 3.25. The van der Waals surface area contributed by atoms with Gasteiger partial charge < -0.3 is 14.8 Å². The molecule has 1 aliphatic carbocycles. The summed E-state index contributed by atoms with van der Waals surface area (Å²) in [4.78, 5) is 22.9. The number of rotatable bonds is 4. The Morgan fingerprint density at radius 1 is 0.971 bits per heavy atom. The topological polar surface area (TPSA) is 78.3 Å². The molecule has 0 spiro atoms. The number of Topliss-reactive ketones (excluding diaryl/α,β-unsaturated/α-hetero) is 1. The van der Waals surface area contributed by atoms with Crippen LogP contribution in [0.15, 0.2) is 78.3 Å². The van der Waals surface area contributed by atoms with Crippen LogP contribution in [0.4, 0.5) is 5.95 Å². The van der Waals surface area contributed by atoms with E-state index in [2.05, 4.69) is 14.9 Å². The van der Waals surface area contributed by atoms with E-state index < -0.39 is 0 Å². The van der Waals surface area contributed by atoms with Gasteiger partial charge in [-0.1, -0.05) is 24.3 Å². The van der Waals surface area contributed by atoms with Gasteiger partial charge in [0, 0.05) is 30.1 Å². The second kappa shape index (κ2) is 8.02. The summed E-state index contributed by atoms with van der Waals surface area (Å²) in [5, 5.41) is 3.50. The first kappa shape index (κ1) is 20.5. The number of ether oxygens (including phenoxy) is 2. The summed E-state index contributed by atoms with van der Waals surface area (Å²) in [6.45, 7) is 0. The third-order valence-electron chi connectivity index (χ3n) is 6.78. The highest BCUT2D eigenvalue weighted by Gasteiger charge is 2.39. The third kappa shape index (κ3) is 3.15. The van der Waals surface area contributed by atoms with Gasteiger partial charge in [0.15, 0.2) is 17.3 Å². The van der Waals surface area contributed by atoms with Crippen molar-refractivity contribution in [1.82, 2.24) is 14.5 Å². The van der Waals surface area contributed by atoms with Gasteiger partial charge in [0.2, 0.25) is 5.95 Å². The number of hydrogen-bond acceptors (Lipinski definition) is 6. The molecule has 0 saturated heterocycles. The minimum atomic E-state index is -0.272. The summed E-state index contributed by atoms with van der Waals surface area (Å²) in [5.74, 6) is 2.25. The fraction of sp³-hybridized carbons (Fsp3) is 0.222. The normalized spacial score (nSPS) is 19.4. The van der Waals surface area contributed by atoms with Crippen LogP contribution >= 0.6 is 0 Å². The van der Waals surface area contributed by atoms with Gasteiger partial charge in [-0.25, -0.2) is 4.98 Å². The van der Waals surface area contributed by atoms with Crippen LogP contribution in [-0.2, 0) is 4.79 Å². The van der Waals surface area contributed by atoms with Gasteiger partial charge in [0.25, 0.3) is 0 Å². The van der Waals surface area contributed by atoms with E-state index in [0.29, 0.717) is 24.3 Å². The molecular weight excluding hydrogens is 428 g/mol. The summed E-state index contributed by atoms with van der Waals surface area (Å²) in [6.07, 6.45) is 4.72. The lowest BCUT2D eigenvalue weighted by molar-refractivity contribution is -0.116. The Kier molecular flexibility index (Phi) is 4.83. The minimum Gasteiger partial charge on any atom is -0.493 e. The largest absolute Gasteiger partial charge is 0.493 e. The Hall–Kier alpha value is -4.13. The van der Waals surface area contributed by atoms with Crippen molar-refractivity contribution in [2.75, 3.05) is 19.5 Å². The number of imidazole rings is 1. The van der Waals surface area contributed by atoms with Crippen molar-refractivity contribution < 1.29 is 14.3 Å². The van der Waals surface area contributed by atoms with Crippen LogP contribution in [-0.4, -0.2) is 34.5 Å². The summed E-state index contributed by atoms with van der Waals surface area (Å²) in [6, 6.07) is 17.6. The molecule has 7 nitrogen and oxygen atoms in total. The van der Waals surface area contributed by atoms with E-state index in [-0.39, 0.29) is 17.7 Å². The van der Waals surface area contributed by atoms with Gasteiger partial charge in [-0.3, -0.25) is 14.3 Å². The molecular formula is C27H24N4O3. The number of hydrogen-bond donors (Lipinski definition) is 1. The molecule has 4 aromatic rings. The van der Waals surface area contributed by atoms with Gasteiger partial charge in [-0.05, 0) is 53.8 Å². The maximum atomic E-state index is 13.7. The highest BCUT2D eigenvalue weighted by atomic mass is 16.5. The molecule has 0 fully saturated rings. The van der Waals surface area contributed by atoms with Crippen LogP contribution < -0.4 is 14.8 Å². The van der Waals surface area contributed by atoms with E-state index in [1.165, 1.54) is 0 Å². The van der Waals surface area contributed by atoms with Crippen LogP contribution in [0, 0.1) is 0 Å². The number of anilines is 1. The van der Waals surface area contributed by atoms with Crippen LogP contribution in [0.25, 0.3) is 11.0 Å². The average molecular weight is 453 g/mol. The fourth-order valence-electron chi connectivity index (χ4n) is 5.22. The lowest BCUT2D eigenvalue weighted by atomic mass is 9.78. The number of pyridine rings is 1. The van der Waals surface area contributed by atoms with Gasteiger partial charge in [0.05, 0.1) is 31.3 Å². The predicted molar refractivity (Wildman–Crippen MR) is 129 cm³/mol. The van der Waals surface area contributed by atoms with E-state index in [1.807, 2.05) is 60.8 Å². The number of allylic oxidation sites excluding steroid dienone is 2. The first-order valence-corrected chi connectivity index (χ1v) is 11.3. The Labute approximate surface area is 197 Å². The van der Waals surface area contributed by atoms with Crippen molar-refractivity contribution in [2.45, 2.75) is 24.8 Å². The van der Waals surface area contributed by atoms with Crippen molar-refractivity contribution in [3.63, 3.8) is 0 Å². The zero-order chi connectivity index (χ0) is 23.2. The Morgan fingerprint density at radius 2 is 1.82 bits per heavy atom. The Morgan fingerprint density at radius 3 is 2.62 bits per heavy atom. The van der Waals surface area contributed by atoms with Gasteiger partial charge >= 0.3 is 0 Å². The number of nitrogens with one attached hydrogen (secondary N) is 1. The number of aromatic nitrogens is 3. The van der Waals surface area contributed by atoms with E-state index in [4.69, 9.17) is 14.5 Å². The number of methoxy groups -OCH3 is 2. The molecule has 2 atom stereocenters. The summed E-state index contributed by atoms with van der Waals surface area (Å²) < 4.78 is 13.0. The smallest absolute Gasteiger partial charge is 0.209 e. The van der Waals surface area contributed by atoms with Gasteiger partial charge in [-0.2, -0.15) is 0 Å². The Balaban J connectivity index is 1.47. The standard InChI is InChI=1S/C27H24N4O3/c1-33-23-10-9-16(14-24(23)34-2)18-12-20-25(22(32)13-18)26(17-6-5-11-28-15-17)31-21-8-4-3-7-19(21)29-27(31)30-20/h3-11,14-15,18,26H,12-13H2,1-2H3,(H,29,30)/t18-,26-/m1/s1. The van der Waals surface area contributed by atoms with E-state index in [1.54, 1.807) is 20.4 Å². The molecule has 7 heteroatoms. The molecule has 2 aliphatic rings. The maximum Gasteiger partial charge on any atom is 0.209 e. The molecule has 2 aromatic heterocycles. The highest BCUT2D eigenvalue weighted by molar-refractivity contribution is 6.01. The van der Waals surface area contributed by atoms with Gasteiger partial charge in [-0.15, -0.1) is 0 Å². The molecule has 170 valence electrons. The van der Waals surface area contributed by atoms with Crippen molar-refractivity contribution in [3.05, 3.63) is 89.4 Å². The molecule has 6 rings (SSSR count). The number of carbonyl (C=O) groups is 1. The first-order valence-electron chi connectivity index (χ1n) is 11.3. The molecule has 1 N–H and O–H groups in total. The Bertz CT molecular complexity index is 1440. The van der Waals surface area contributed by atoms with Crippen molar-refractivity contribution in [3.8, 4) is 11.5 Å². The molecule has 34 heavy (non-hydrogen) atoms. The second-order valence-electron chi connectivity index (χ2n) is 8.64. The first-order chi connectivity index (χ1) is 16.7. The predicted octanol–water partition coefficient (Wildman–Crippen LogP) is 4.86. The quantitative estimate of drug-likeness (QED) is 0.476. The van der Waals surface area contributed by atoms with Gasteiger partial charge in [0.1, 0.15) is 0 Å². The van der Waals surface area contributed by atoms with Crippen molar-refractivity contribution in [2.24, 2.45) is 0 Å². The second-order valence-corrected chi connectivity index (χ2v) is 8.64.